The van der Waals surface area contributed by atoms with Crippen LogP contribution in [0.4, 0.5) is 5.69 Å². The lowest BCUT2D eigenvalue weighted by atomic mass is 10.3. The number of pyridine rings is 1. The Morgan fingerprint density at radius 3 is 2.76 bits per heavy atom. The molecular formula is C11H16N2O4. The van der Waals surface area contributed by atoms with E-state index in [9.17, 15) is 4.79 Å². The van der Waals surface area contributed by atoms with E-state index in [4.69, 9.17) is 15.2 Å². The highest BCUT2D eigenvalue weighted by atomic mass is 16.5. The molecule has 94 valence electrons. The van der Waals surface area contributed by atoms with Crippen molar-refractivity contribution in [2.75, 3.05) is 33.2 Å². The van der Waals surface area contributed by atoms with Crippen molar-refractivity contribution in [1.82, 2.24) is 4.98 Å². The summed E-state index contributed by atoms with van der Waals surface area (Å²) in [5.41, 5.74) is 6.23. The topological polar surface area (TPSA) is 83.7 Å². The third-order valence-electron chi connectivity index (χ3n) is 2.02. The van der Waals surface area contributed by atoms with Gasteiger partial charge >= 0.3 is 5.97 Å². The van der Waals surface area contributed by atoms with Crippen LogP contribution < -0.4 is 10.5 Å². The van der Waals surface area contributed by atoms with Gasteiger partial charge in [0.2, 0.25) is 5.88 Å². The molecule has 0 atom stereocenters. The Bertz CT molecular complexity index is 382. The molecule has 0 saturated heterocycles. The van der Waals surface area contributed by atoms with Crippen LogP contribution in [0.3, 0.4) is 0 Å². The molecule has 1 heterocycles. The molecule has 0 aliphatic carbocycles. The molecule has 6 heteroatoms. The summed E-state index contributed by atoms with van der Waals surface area (Å²) in [5, 5.41) is 0. The van der Waals surface area contributed by atoms with Crippen molar-refractivity contribution in [2.45, 2.75) is 6.42 Å². The summed E-state index contributed by atoms with van der Waals surface area (Å²) < 4.78 is 14.8. The van der Waals surface area contributed by atoms with Gasteiger partial charge in [-0.3, -0.25) is 0 Å². The van der Waals surface area contributed by atoms with Crippen LogP contribution in [0.5, 0.6) is 5.88 Å². The van der Waals surface area contributed by atoms with Gasteiger partial charge in [-0.15, -0.1) is 0 Å². The number of methoxy groups -OCH3 is 2. The Morgan fingerprint density at radius 2 is 2.12 bits per heavy atom. The van der Waals surface area contributed by atoms with E-state index in [1.165, 1.54) is 13.2 Å². The van der Waals surface area contributed by atoms with Crippen LogP contribution in [-0.2, 0) is 9.47 Å². The third kappa shape index (κ3) is 3.92. The molecule has 6 nitrogen and oxygen atoms in total. The van der Waals surface area contributed by atoms with E-state index in [1.807, 2.05) is 0 Å². The summed E-state index contributed by atoms with van der Waals surface area (Å²) in [5.74, 6) is -0.282. The van der Waals surface area contributed by atoms with Gasteiger partial charge in [0.1, 0.15) is 0 Å². The van der Waals surface area contributed by atoms with Crippen molar-refractivity contribution in [3.05, 3.63) is 17.8 Å². The number of carbonyl (C=O) groups is 1. The number of ether oxygens (including phenoxy) is 3. The van der Waals surface area contributed by atoms with Gasteiger partial charge in [0, 0.05) is 20.1 Å². The second-order valence-corrected chi connectivity index (χ2v) is 3.28. The van der Waals surface area contributed by atoms with Gasteiger partial charge in [-0.1, -0.05) is 0 Å². The summed E-state index contributed by atoms with van der Waals surface area (Å²) in [6.45, 7) is 1.02. The number of nitrogen functional groups attached to an aromatic ring is 1. The average molecular weight is 240 g/mol. The minimum Gasteiger partial charge on any atom is -0.476 e. The van der Waals surface area contributed by atoms with Crippen LogP contribution in [0.2, 0.25) is 0 Å². The van der Waals surface area contributed by atoms with Crippen molar-refractivity contribution in [2.24, 2.45) is 0 Å². The van der Waals surface area contributed by atoms with E-state index < -0.39 is 5.97 Å². The largest absolute Gasteiger partial charge is 0.476 e. The number of anilines is 1. The van der Waals surface area contributed by atoms with E-state index in [0.717, 1.165) is 6.42 Å². The third-order valence-corrected chi connectivity index (χ3v) is 2.02. The molecule has 0 radical (unpaired) electrons. The molecule has 17 heavy (non-hydrogen) atoms. The molecule has 1 aromatic rings. The maximum Gasteiger partial charge on any atom is 0.356 e. The number of carbonyl (C=O) groups excluding carboxylic acids is 1. The predicted octanol–water partition coefficient (Wildman–Crippen LogP) is 0.866. The smallest absolute Gasteiger partial charge is 0.356 e. The number of hydrogen-bond donors (Lipinski definition) is 1. The molecule has 0 saturated carbocycles. The van der Waals surface area contributed by atoms with Crippen LogP contribution in [0, 0.1) is 0 Å². The lowest BCUT2D eigenvalue weighted by Gasteiger charge is -2.08. The number of esters is 1. The Morgan fingerprint density at radius 1 is 1.35 bits per heavy atom. The van der Waals surface area contributed by atoms with Gasteiger partial charge in [0.05, 0.1) is 19.4 Å². The normalized spacial score (nSPS) is 10.0. The molecule has 0 unspecified atom stereocenters. The first-order valence-corrected chi connectivity index (χ1v) is 5.15. The first-order valence-electron chi connectivity index (χ1n) is 5.15. The monoisotopic (exact) mass is 240 g/mol. The Kier molecular flexibility index (Phi) is 5.22. The molecule has 0 aliphatic heterocycles. The zero-order valence-electron chi connectivity index (χ0n) is 9.93. The average Bonchev–Trinajstić information content (AvgIpc) is 2.35. The highest BCUT2D eigenvalue weighted by molar-refractivity contribution is 5.87. The summed E-state index contributed by atoms with van der Waals surface area (Å²) in [4.78, 5) is 15.2. The molecule has 2 N–H and O–H groups in total. The van der Waals surface area contributed by atoms with Crippen LogP contribution in [0.25, 0.3) is 0 Å². The van der Waals surface area contributed by atoms with E-state index >= 15 is 0 Å². The summed E-state index contributed by atoms with van der Waals surface area (Å²) in [7, 11) is 2.91. The fourth-order valence-corrected chi connectivity index (χ4v) is 1.16. The molecule has 0 spiro atoms. The van der Waals surface area contributed by atoms with Crippen molar-refractivity contribution in [3.63, 3.8) is 0 Å². The zero-order chi connectivity index (χ0) is 12.7. The standard InChI is InChI=1S/C11H16N2O4/c1-15-6-3-7-17-10-8(12)4-5-9(13-10)11(14)16-2/h4-5H,3,6-7,12H2,1-2H3. The Balaban J connectivity index is 2.66. The number of hydrogen-bond acceptors (Lipinski definition) is 6. The van der Waals surface area contributed by atoms with Gasteiger partial charge in [0.25, 0.3) is 0 Å². The maximum atomic E-state index is 11.3. The van der Waals surface area contributed by atoms with Crippen molar-refractivity contribution in [3.8, 4) is 5.88 Å². The van der Waals surface area contributed by atoms with Crippen molar-refractivity contribution < 1.29 is 19.0 Å². The second-order valence-electron chi connectivity index (χ2n) is 3.28. The molecule has 0 amide bonds. The number of nitrogens with two attached hydrogens (primary N) is 1. The first-order chi connectivity index (χ1) is 8.19. The zero-order valence-corrected chi connectivity index (χ0v) is 9.93. The lowest BCUT2D eigenvalue weighted by molar-refractivity contribution is 0.0592. The number of rotatable bonds is 6. The van der Waals surface area contributed by atoms with Crippen molar-refractivity contribution in [1.29, 1.82) is 0 Å². The second kappa shape index (κ2) is 6.70. The molecular weight excluding hydrogens is 224 g/mol. The molecule has 0 bridgehead atoms. The summed E-state index contributed by atoms with van der Waals surface area (Å²) in [6.07, 6.45) is 0.722. The SMILES string of the molecule is COCCCOc1nc(C(=O)OC)ccc1N. The Hall–Kier alpha value is -1.82. The molecule has 0 aromatic carbocycles. The minimum absolute atomic E-state index is 0.170. The minimum atomic E-state index is -0.522. The van der Waals surface area contributed by atoms with Gasteiger partial charge in [0.15, 0.2) is 5.69 Å². The van der Waals surface area contributed by atoms with Crippen molar-refractivity contribution >= 4 is 11.7 Å². The van der Waals surface area contributed by atoms with Crippen LogP contribution in [0.15, 0.2) is 12.1 Å². The van der Waals surface area contributed by atoms with Crippen LogP contribution in [-0.4, -0.2) is 38.4 Å². The Labute approximate surface area is 99.7 Å². The van der Waals surface area contributed by atoms with Gasteiger partial charge in [-0.05, 0) is 12.1 Å². The van der Waals surface area contributed by atoms with E-state index in [-0.39, 0.29) is 11.6 Å². The number of nitrogens with zero attached hydrogens (tertiary/aromatic N) is 1. The highest BCUT2D eigenvalue weighted by Gasteiger charge is 2.11. The highest BCUT2D eigenvalue weighted by Crippen LogP contribution is 2.18. The first kappa shape index (κ1) is 13.2. The predicted molar refractivity (Wildman–Crippen MR) is 62.0 cm³/mol. The van der Waals surface area contributed by atoms with Crippen LogP contribution in [0.1, 0.15) is 16.9 Å². The summed E-state index contributed by atoms with van der Waals surface area (Å²) >= 11 is 0. The molecule has 1 aromatic heterocycles. The van der Waals surface area contributed by atoms with E-state index in [2.05, 4.69) is 9.72 Å². The van der Waals surface area contributed by atoms with E-state index in [0.29, 0.717) is 18.9 Å². The molecule has 1 rings (SSSR count). The molecule has 0 fully saturated rings. The van der Waals surface area contributed by atoms with Crippen LogP contribution >= 0.6 is 0 Å². The van der Waals surface area contributed by atoms with Gasteiger partial charge < -0.3 is 19.9 Å². The fourth-order valence-electron chi connectivity index (χ4n) is 1.16. The number of aromatic nitrogens is 1. The quantitative estimate of drug-likeness (QED) is 0.586. The summed E-state index contributed by atoms with van der Waals surface area (Å²) in [6, 6.07) is 3.05. The fraction of sp³-hybridized carbons (Fsp3) is 0.455. The lowest BCUT2D eigenvalue weighted by Crippen LogP contribution is -2.09. The van der Waals surface area contributed by atoms with Gasteiger partial charge in [-0.25, -0.2) is 9.78 Å². The molecule has 0 aliphatic rings. The van der Waals surface area contributed by atoms with E-state index in [1.54, 1.807) is 13.2 Å². The van der Waals surface area contributed by atoms with Gasteiger partial charge in [-0.2, -0.15) is 0 Å². The maximum absolute atomic E-state index is 11.3.